The summed E-state index contributed by atoms with van der Waals surface area (Å²) < 4.78 is 9.90. The molecule has 0 saturated carbocycles. The van der Waals surface area contributed by atoms with Crippen molar-refractivity contribution >= 4 is 22.8 Å². The van der Waals surface area contributed by atoms with Crippen LogP contribution in [0.15, 0.2) is 28.8 Å². The molecule has 2 rings (SSSR count). The van der Waals surface area contributed by atoms with E-state index in [0.717, 1.165) is 5.39 Å². The summed E-state index contributed by atoms with van der Waals surface area (Å²) in [4.78, 5) is 23.9. The van der Waals surface area contributed by atoms with E-state index in [0.29, 0.717) is 17.7 Å². The van der Waals surface area contributed by atoms with Crippen LogP contribution in [0.25, 0.3) is 11.0 Å². The summed E-state index contributed by atoms with van der Waals surface area (Å²) in [5.74, 6) is -0.459. The van der Waals surface area contributed by atoms with Gasteiger partial charge in [0.2, 0.25) is 5.91 Å². The molecule has 0 aliphatic carbocycles. The minimum absolute atomic E-state index is 0.0581. The lowest BCUT2D eigenvalue weighted by Crippen LogP contribution is -2.43. The molecule has 0 aliphatic heterocycles. The van der Waals surface area contributed by atoms with Crippen LogP contribution in [0.5, 0.6) is 0 Å². The summed E-state index contributed by atoms with van der Waals surface area (Å²) in [7, 11) is 1.31. The summed E-state index contributed by atoms with van der Waals surface area (Å²) >= 11 is 0. The fourth-order valence-corrected chi connectivity index (χ4v) is 2.29. The number of carbonyl (C=O) groups excluding carboxylic acids is 2. The fourth-order valence-electron chi connectivity index (χ4n) is 2.29. The summed E-state index contributed by atoms with van der Waals surface area (Å²) in [6, 6.07) is 6.69. The molecule has 1 unspecified atom stereocenters. The van der Waals surface area contributed by atoms with E-state index in [4.69, 9.17) is 9.26 Å². The van der Waals surface area contributed by atoms with Crippen molar-refractivity contribution in [3.8, 4) is 0 Å². The largest absolute Gasteiger partial charge is 0.467 e. The lowest BCUT2D eigenvalue weighted by Gasteiger charge is -2.18. The Balaban J connectivity index is 2.06. The number of esters is 1. The second-order valence-electron chi connectivity index (χ2n) is 5.58. The first kappa shape index (κ1) is 16.0. The summed E-state index contributed by atoms with van der Waals surface area (Å²) in [5.41, 5.74) is 1.19. The van der Waals surface area contributed by atoms with Gasteiger partial charge in [-0.15, -0.1) is 0 Å². The van der Waals surface area contributed by atoms with Gasteiger partial charge in [-0.05, 0) is 24.5 Å². The van der Waals surface area contributed by atoms with Crippen molar-refractivity contribution in [1.82, 2.24) is 10.5 Å². The van der Waals surface area contributed by atoms with Crippen LogP contribution in [-0.4, -0.2) is 30.2 Å². The van der Waals surface area contributed by atoms with Gasteiger partial charge in [-0.3, -0.25) is 4.79 Å². The van der Waals surface area contributed by atoms with E-state index in [1.54, 1.807) is 6.07 Å². The number of fused-ring (bicyclic) bond motifs is 1. The van der Waals surface area contributed by atoms with Crippen molar-refractivity contribution in [3.63, 3.8) is 0 Å². The van der Waals surface area contributed by atoms with Gasteiger partial charge in [-0.25, -0.2) is 4.79 Å². The molecular formula is C16H20N2O4. The number of ether oxygens (including phenoxy) is 1. The van der Waals surface area contributed by atoms with Gasteiger partial charge >= 0.3 is 5.97 Å². The maximum atomic E-state index is 12.2. The molecule has 1 N–H and O–H groups in total. The van der Waals surface area contributed by atoms with Crippen LogP contribution >= 0.6 is 0 Å². The predicted molar refractivity (Wildman–Crippen MR) is 81.1 cm³/mol. The molecular weight excluding hydrogens is 284 g/mol. The van der Waals surface area contributed by atoms with Crippen LogP contribution in [-0.2, 0) is 20.7 Å². The molecule has 2 aromatic rings. The SMILES string of the molecule is COC(=O)C(CC(C)C)NC(=O)Cc1noc2ccccc12. The molecule has 1 amide bonds. The highest BCUT2D eigenvalue weighted by Crippen LogP contribution is 2.18. The molecule has 118 valence electrons. The number of benzene rings is 1. The van der Waals surface area contributed by atoms with E-state index in [9.17, 15) is 9.59 Å². The Hall–Kier alpha value is -2.37. The van der Waals surface area contributed by atoms with Crippen LogP contribution in [0.3, 0.4) is 0 Å². The van der Waals surface area contributed by atoms with E-state index in [2.05, 4.69) is 10.5 Å². The lowest BCUT2D eigenvalue weighted by molar-refractivity contribution is -0.145. The molecule has 6 heteroatoms. The quantitative estimate of drug-likeness (QED) is 0.826. The Morgan fingerprint density at radius 3 is 2.73 bits per heavy atom. The molecule has 22 heavy (non-hydrogen) atoms. The van der Waals surface area contributed by atoms with Crippen molar-refractivity contribution in [2.45, 2.75) is 32.7 Å². The Labute approximate surface area is 128 Å². The van der Waals surface area contributed by atoms with Crippen molar-refractivity contribution in [2.24, 2.45) is 5.92 Å². The molecule has 1 aromatic heterocycles. The smallest absolute Gasteiger partial charge is 0.328 e. The number of rotatable bonds is 6. The highest BCUT2D eigenvalue weighted by Gasteiger charge is 2.23. The number of nitrogens with zero attached hydrogens (tertiary/aromatic N) is 1. The van der Waals surface area contributed by atoms with Gasteiger partial charge < -0.3 is 14.6 Å². The fraction of sp³-hybridized carbons (Fsp3) is 0.438. The predicted octanol–water partition coefficient (Wildman–Crippen LogP) is 2.07. The van der Waals surface area contributed by atoms with Crippen molar-refractivity contribution < 1.29 is 18.8 Å². The maximum Gasteiger partial charge on any atom is 0.328 e. The standard InChI is InChI=1S/C16H20N2O4/c1-10(2)8-13(16(20)21-3)17-15(19)9-12-11-6-4-5-7-14(11)22-18-12/h4-7,10,13H,8-9H2,1-3H3,(H,17,19). The van der Waals surface area contributed by atoms with E-state index in [1.807, 2.05) is 32.0 Å². The highest BCUT2D eigenvalue weighted by atomic mass is 16.5. The van der Waals surface area contributed by atoms with Gasteiger partial charge in [0.25, 0.3) is 0 Å². The van der Waals surface area contributed by atoms with Crippen LogP contribution < -0.4 is 5.32 Å². The number of hydrogen-bond acceptors (Lipinski definition) is 5. The van der Waals surface area contributed by atoms with Crippen LogP contribution in [0, 0.1) is 5.92 Å². The molecule has 0 radical (unpaired) electrons. The number of methoxy groups -OCH3 is 1. The Bertz CT molecular complexity index is 663. The third kappa shape index (κ3) is 3.84. The first-order valence-electron chi connectivity index (χ1n) is 7.21. The molecule has 0 fully saturated rings. The van der Waals surface area contributed by atoms with Crippen LogP contribution in [0.4, 0.5) is 0 Å². The molecule has 0 spiro atoms. The minimum Gasteiger partial charge on any atom is -0.467 e. The second kappa shape index (κ2) is 7.06. The van der Waals surface area contributed by atoms with Crippen molar-refractivity contribution in [1.29, 1.82) is 0 Å². The summed E-state index contributed by atoms with van der Waals surface area (Å²) in [6.07, 6.45) is 0.584. The van der Waals surface area contributed by atoms with Gasteiger partial charge in [-0.2, -0.15) is 0 Å². The lowest BCUT2D eigenvalue weighted by atomic mass is 10.0. The number of aromatic nitrogens is 1. The van der Waals surface area contributed by atoms with E-state index < -0.39 is 12.0 Å². The van der Waals surface area contributed by atoms with E-state index in [-0.39, 0.29) is 18.2 Å². The number of carbonyl (C=O) groups is 2. The number of para-hydroxylation sites is 1. The zero-order valence-electron chi connectivity index (χ0n) is 13.0. The van der Waals surface area contributed by atoms with E-state index >= 15 is 0 Å². The molecule has 1 aromatic carbocycles. The van der Waals surface area contributed by atoms with Gasteiger partial charge in [-0.1, -0.05) is 31.1 Å². The van der Waals surface area contributed by atoms with Crippen LogP contribution in [0.2, 0.25) is 0 Å². The zero-order chi connectivity index (χ0) is 16.1. The molecule has 6 nitrogen and oxygen atoms in total. The summed E-state index contributed by atoms with van der Waals surface area (Å²) in [6.45, 7) is 3.96. The summed E-state index contributed by atoms with van der Waals surface area (Å²) in [5, 5.41) is 7.43. The molecule has 0 aliphatic rings. The molecule has 1 heterocycles. The Morgan fingerprint density at radius 2 is 2.05 bits per heavy atom. The average molecular weight is 304 g/mol. The van der Waals surface area contributed by atoms with Gasteiger partial charge in [0, 0.05) is 5.39 Å². The second-order valence-corrected chi connectivity index (χ2v) is 5.58. The minimum atomic E-state index is -0.643. The topological polar surface area (TPSA) is 81.4 Å². The van der Waals surface area contributed by atoms with Crippen molar-refractivity contribution in [2.75, 3.05) is 7.11 Å². The third-order valence-electron chi connectivity index (χ3n) is 3.31. The normalized spacial score (nSPS) is 12.4. The maximum absolute atomic E-state index is 12.2. The number of hydrogen-bond donors (Lipinski definition) is 1. The average Bonchev–Trinajstić information content (AvgIpc) is 2.88. The molecule has 0 bridgehead atoms. The molecule has 0 saturated heterocycles. The van der Waals surface area contributed by atoms with Crippen LogP contribution in [0.1, 0.15) is 26.0 Å². The zero-order valence-corrected chi connectivity index (χ0v) is 13.0. The molecule has 1 atom stereocenters. The first-order chi connectivity index (χ1) is 10.5. The third-order valence-corrected chi connectivity index (χ3v) is 3.31. The van der Waals surface area contributed by atoms with Crippen molar-refractivity contribution in [3.05, 3.63) is 30.0 Å². The van der Waals surface area contributed by atoms with Gasteiger partial charge in [0.15, 0.2) is 5.58 Å². The number of nitrogens with one attached hydrogen (secondary N) is 1. The Kier molecular flexibility index (Phi) is 5.14. The monoisotopic (exact) mass is 304 g/mol. The number of amides is 1. The van der Waals surface area contributed by atoms with E-state index in [1.165, 1.54) is 7.11 Å². The van der Waals surface area contributed by atoms with Gasteiger partial charge in [0.1, 0.15) is 11.7 Å². The first-order valence-corrected chi connectivity index (χ1v) is 7.21. The van der Waals surface area contributed by atoms with Gasteiger partial charge in [0.05, 0.1) is 13.5 Å². The highest BCUT2D eigenvalue weighted by molar-refractivity contribution is 5.89. The Morgan fingerprint density at radius 1 is 1.32 bits per heavy atom.